The van der Waals surface area contributed by atoms with Crippen molar-refractivity contribution in [3.05, 3.63) is 34.2 Å². The Morgan fingerprint density at radius 2 is 2.11 bits per heavy atom. The van der Waals surface area contributed by atoms with Gasteiger partial charge in [0.25, 0.3) is 0 Å². The lowest BCUT2D eigenvalue weighted by atomic mass is 10.2. The van der Waals surface area contributed by atoms with Gasteiger partial charge in [-0.25, -0.2) is 4.79 Å². The van der Waals surface area contributed by atoms with Gasteiger partial charge in [0.1, 0.15) is 0 Å². The second-order valence-corrected chi connectivity index (χ2v) is 5.43. The third-order valence-corrected chi connectivity index (χ3v) is 3.54. The highest BCUT2D eigenvalue weighted by Gasteiger charge is 2.19. The average Bonchev–Trinajstić information content (AvgIpc) is 3.09. The van der Waals surface area contributed by atoms with Crippen LogP contribution in [-0.2, 0) is 6.54 Å². The van der Waals surface area contributed by atoms with E-state index < -0.39 is 0 Å². The third-order valence-electron chi connectivity index (χ3n) is 3.54. The Hall–Kier alpha value is -1.59. The summed E-state index contributed by atoms with van der Waals surface area (Å²) < 4.78 is 0. The van der Waals surface area contributed by atoms with Crippen LogP contribution in [0.25, 0.3) is 11.0 Å². The van der Waals surface area contributed by atoms with E-state index in [1.807, 2.05) is 12.1 Å². The van der Waals surface area contributed by atoms with Crippen molar-refractivity contribution in [2.75, 3.05) is 20.1 Å². The van der Waals surface area contributed by atoms with Gasteiger partial charge in [-0.2, -0.15) is 0 Å². The number of rotatable bonds is 6. The molecule has 1 aromatic carbocycles. The summed E-state index contributed by atoms with van der Waals surface area (Å²) in [5.41, 5.74) is 2.82. The topological polar surface area (TPSA) is 63.9 Å². The van der Waals surface area contributed by atoms with E-state index in [-0.39, 0.29) is 5.69 Å². The highest BCUT2D eigenvalue weighted by Crippen LogP contribution is 2.18. The Kier molecular flexibility index (Phi) is 3.40. The number of H-pyrrole nitrogens is 2. The highest BCUT2D eigenvalue weighted by molar-refractivity contribution is 5.74. The number of nitrogens with one attached hydrogen (secondary N) is 3. The Labute approximate surface area is 112 Å². The van der Waals surface area contributed by atoms with Crippen molar-refractivity contribution in [3.8, 4) is 0 Å². The monoisotopic (exact) mass is 260 g/mol. The molecule has 1 aliphatic rings. The average molecular weight is 260 g/mol. The first kappa shape index (κ1) is 12.4. The molecule has 19 heavy (non-hydrogen) atoms. The second kappa shape index (κ2) is 5.19. The quantitative estimate of drug-likeness (QED) is 0.727. The lowest BCUT2D eigenvalue weighted by Crippen LogP contribution is -2.30. The molecule has 1 fully saturated rings. The fourth-order valence-electron chi connectivity index (χ4n) is 2.32. The SMILES string of the molecule is CN(CCNC1CC1)Cc1ccc2[nH]c(=O)[nH]c2c1. The zero-order valence-electron chi connectivity index (χ0n) is 11.2. The molecule has 1 aromatic heterocycles. The zero-order chi connectivity index (χ0) is 13.2. The van der Waals surface area contributed by atoms with Crippen LogP contribution in [0, 0.1) is 0 Å². The van der Waals surface area contributed by atoms with E-state index in [2.05, 4.69) is 33.3 Å². The lowest BCUT2D eigenvalue weighted by molar-refractivity contribution is 0.324. The molecule has 0 unspecified atom stereocenters. The summed E-state index contributed by atoms with van der Waals surface area (Å²) in [6, 6.07) is 6.84. The molecular weight excluding hydrogens is 240 g/mol. The Morgan fingerprint density at radius 3 is 2.89 bits per heavy atom. The summed E-state index contributed by atoms with van der Waals surface area (Å²) in [5, 5.41) is 3.51. The van der Waals surface area contributed by atoms with E-state index in [9.17, 15) is 4.79 Å². The number of nitrogens with zero attached hydrogens (tertiary/aromatic N) is 1. The number of likely N-dealkylation sites (N-methyl/N-ethyl adjacent to an activating group) is 1. The maximum absolute atomic E-state index is 11.2. The van der Waals surface area contributed by atoms with Gasteiger partial charge in [-0.1, -0.05) is 6.07 Å². The predicted molar refractivity (Wildman–Crippen MR) is 76.3 cm³/mol. The zero-order valence-corrected chi connectivity index (χ0v) is 11.2. The minimum absolute atomic E-state index is 0.144. The smallest absolute Gasteiger partial charge is 0.313 e. The molecule has 1 heterocycles. The van der Waals surface area contributed by atoms with E-state index in [1.54, 1.807) is 0 Å². The van der Waals surface area contributed by atoms with Gasteiger partial charge in [0.05, 0.1) is 11.0 Å². The molecular formula is C14H20N4O. The van der Waals surface area contributed by atoms with Crippen LogP contribution in [0.1, 0.15) is 18.4 Å². The van der Waals surface area contributed by atoms with Crippen molar-refractivity contribution in [1.82, 2.24) is 20.2 Å². The molecule has 5 nitrogen and oxygen atoms in total. The van der Waals surface area contributed by atoms with E-state index in [4.69, 9.17) is 0 Å². The van der Waals surface area contributed by atoms with Crippen LogP contribution in [0.15, 0.2) is 23.0 Å². The predicted octanol–water partition coefficient (Wildman–Crippen LogP) is 1.04. The molecule has 3 rings (SSSR count). The molecule has 1 aliphatic carbocycles. The second-order valence-electron chi connectivity index (χ2n) is 5.43. The standard InChI is InChI=1S/C14H20N4O/c1-18(7-6-15-11-3-4-11)9-10-2-5-12-13(8-10)17-14(19)16-12/h2,5,8,11,15H,3-4,6-7,9H2,1H3,(H2,16,17,19). The summed E-state index contributed by atoms with van der Waals surface area (Å²) in [6.07, 6.45) is 2.67. The van der Waals surface area contributed by atoms with Crippen LogP contribution < -0.4 is 11.0 Å². The molecule has 0 spiro atoms. The van der Waals surface area contributed by atoms with E-state index >= 15 is 0 Å². The van der Waals surface area contributed by atoms with E-state index in [1.165, 1.54) is 18.4 Å². The fraction of sp³-hybridized carbons (Fsp3) is 0.500. The number of benzene rings is 1. The van der Waals surface area contributed by atoms with Crippen LogP contribution >= 0.6 is 0 Å². The largest absolute Gasteiger partial charge is 0.323 e. The minimum atomic E-state index is -0.144. The molecule has 102 valence electrons. The molecule has 0 aliphatic heterocycles. The van der Waals surface area contributed by atoms with Crippen molar-refractivity contribution in [2.45, 2.75) is 25.4 Å². The maximum Gasteiger partial charge on any atom is 0.323 e. The highest BCUT2D eigenvalue weighted by atomic mass is 16.1. The number of hydrogen-bond acceptors (Lipinski definition) is 3. The Morgan fingerprint density at radius 1 is 1.32 bits per heavy atom. The van der Waals surface area contributed by atoms with Gasteiger partial charge < -0.3 is 20.2 Å². The van der Waals surface area contributed by atoms with Crippen molar-refractivity contribution in [3.63, 3.8) is 0 Å². The number of fused-ring (bicyclic) bond motifs is 1. The van der Waals surface area contributed by atoms with Gasteiger partial charge in [0, 0.05) is 25.7 Å². The molecule has 3 N–H and O–H groups in total. The van der Waals surface area contributed by atoms with Gasteiger partial charge in [0.2, 0.25) is 0 Å². The van der Waals surface area contributed by atoms with Gasteiger partial charge in [-0.3, -0.25) is 0 Å². The number of aromatic nitrogens is 2. The Bertz CT molecular complexity index is 611. The van der Waals surface area contributed by atoms with Crippen LogP contribution in [0.4, 0.5) is 0 Å². The number of imidazole rings is 1. The summed E-state index contributed by atoms with van der Waals surface area (Å²) >= 11 is 0. The van der Waals surface area contributed by atoms with Crippen LogP contribution in [-0.4, -0.2) is 41.0 Å². The Balaban J connectivity index is 1.58. The van der Waals surface area contributed by atoms with Gasteiger partial charge in [-0.05, 0) is 37.6 Å². The molecule has 2 aromatic rings. The summed E-state index contributed by atoms with van der Waals surface area (Å²) in [6.45, 7) is 2.98. The molecule has 0 amide bonds. The van der Waals surface area contributed by atoms with Gasteiger partial charge in [0.15, 0.2) is 0 Å². The van der Waals surface area contributed by atoms with Crippen LogP contribution in [0.2, 0.25) is 0 Å². The van der Waals surface area contributed by atoms with Crippen molar-refractivity contribution in [2.24, 2.45) is 0 Å². The van der Waals surface area contributed by atoms with E-state index in [0.717, 1.165) is 36.7 Å². The molecule has 0 atom stereocenters. The van der Waals surface area contributed by atoms with Crippen LogP contribution in [0.5, 0.6) is 0 Å². The number of aromatic amines is 2. The lowest BCUT2D eigenvalue weighted by Gasteiger charge is -2.17. The molecule has 5 heteroatoms. The van der Waals surface area contributed by atoms with Crippen molar-refractivity contribution < 1.29 is 0 Å². The molecule has 0 bridgehead atoms. The number of hydrogen-bond donors (Lipinski definition) is 3. The maximum atomic E-state index is 11.2. The normalized spacial score (nSPS) is 15.5. The first-order valence-corrected chi connectivity index (χ1v) is 6.83. The third kappa shape index (κ3) is 3.24. The fourth-order valence-corrected chi connectivity index (χ4v) is 2.32. The van der Waals surface area contributed by atoms with E-state index in [0.29, 0.717) is 0 Å². The van der Waals surface area contributed by atoms with Gasteiger partial charge >= 0.3 is 5.69 Å². The van der Waals surface area contributed by atoms with Crippen LogP contribution in [0.3, 0.4) is 0 Å². The first-order valence-electron chi connectivity index (χ1n) is 6.83. The molecule has 0 radical (unpaired) electrons. The van der Waals surface area contributed by atoms with Crippen molar-refractivity contribution in [1.29, 1.82) is 0 Å². The summed E-state index contributed by atoms with van der Waals surface area (Å²) in [5.74, 6) is 0. The summed E-state index contributed by atoms with van der Waals surface area (Å²) in [7, 11) is 2.12. The minimum Gasteiger partial charge on any atom is -0.313 e. The molecule has 1 saturated carbocycles. The molecule has 0 saturated heterocycles. The van der Waals surface area contributed by atoms with Crippen molar-refractivity contribution >= 4 is 11.0 Å². The first-order chi connectivity index (χ1) is 9.20. The summed E-state index contributed by atoms with van der Waals surface area (Å²) in [4.78, 5) is 19.1. The van der Waals surface area contributed by atoms with Gasteiger partial charge in [-0.15, -0.1) is 0 Å².